The number of anilines is 2. The standard InChI is InChI=1S/C15H15BrN4O/c1-3-7-17-15-18-8-6-13(20-15)14(21)19-11-4-5-12(16)10(2)9-11/h3-6,8-9H,1,7H2,2H3,(H,19,21)(H,17,18,20). The highest BCUT2D eigenvalue weighted by Gasteiger charge is 2.09. The molecule has 1 aromatic heterocycles. The van der Waals surface area contributed by atoms with Crippen molar-refractivity contribution < 1.29 is 4.79 Å². The smallest absolute Gasteiger partial charge is 0.274 e. The average Bonchev–Trinajstić information content (AvgIpc) is 2.49. The Morgan fingerprint density at radius 2 is 2.24 bits per heavy atom. The second kappa shape index (κ2) is 6.99. The molecule has 0 aliphatic carbocycles. The molecular weight excluding hydrogens is 332 g/mol. The maximum Gasteiger partial charge on any atom is 0.274 e. The fourth-order valence-corrected chi connectivity index (χ4v) is 1.90. The Morgan fingerprint density at radius 1 is 1.43 bits per heavy atom. The number of amides is 1. The fourth-order valence-electron chi connectivity index (χ4n) is 1.65. The van der Waals surface area contributed by atoms with E-state index in [9.17, 15) is 4.79 Å². The zero-order valence-corrected chi connectivity index (χ0v) is 13.1. The molecule has 0 atom stereocenters. The van der Waals surface area contributed by atoms with Crippen molar-refractivity contribution in [1.82, 2.24) is 9.97 Å². The number of hydrogen-bond donors (Lipinski definition) is 2. The minimum absolute atomic E-state index is 0.277. The molecule has 21 heavy (non-hydrogen) atoms. The van der Waals surface area contributed by atoms with Crippen LogP contribution in [0.5, 0.6) is 0 Å². The van der Waals surface area contributed by atoms with Crippen molar-refractivity contribution in [2.45, 2.75) is 6.92 Å². The number of benzene rings is 1. The van der Waals surface area contributed by atoms with Crippen LogP contribution in [0.2, 0.25) is 0 Å². The molecule has 5 nitrogen and oxygen atoms in total. The van der Waals surface area contributed by atoms with Gasteiger partial charge in [-0.3, -0.25) is 4.79 Å². The largest absolute Gasteiger partial charge is 0.351 e. The topological polar surface area (TPSA) is 66.9 Å². The summed E-state index contributed by atoms with van der Waals surface area (Å²) < 4.78 is 0.999. The minimum atomic E-state index is -0.277. The molecule has 0 unspecified atom stereocenters. The summed E-state index contributed by atoms with van der Waals surface area (Å²) in [6.45, 7) is 6.10. The first-order valence-electron chi connectivity index (χ1n) is 6.35. The molecule has 0 aliphatic heterocycles. The first-order chi connectivity index (χ1) is 10.1. The Labute approximate surface area is 131 Å². The third-order valence-corrected chi connectivity index (χ3v) is 3.60. The van der Waals surface area contributed by atoms with Crippen LogP contribution in [0.4, 0.5) is 11.6 Å². The summed E-state index contributed by atoms with van der Waals surface area (Å²) in [6.07, 6.45) is 3.24. The van der Waals surface area contributed by atoms with E-state index in [1.165, 1.54) is 0 Å². The molecule has 0 saturated carbocycles. The molecule has 2 rings (SSSR count). The number of carbonyl (C=O) groups excluding carboxylic acids is 1. The summed E-state index contributed by atoms with van der Waals surface area (Å²) in [7, 11) is 0. The van der Waals surface area contributed by atoms with Gasteiger partial charge in [0, 0.05) is 22.9 Å². The number of aromatic nitrogens is 2. The molecular formula is C15H15BrN4O. The van der Waals surface area contributed by atoms with Gasteiger partial charge in [0.1, 0.15) is 5.69 Å². The monoisotopic (exact) mass is 346 g/mol. The minimum Gasteiger partial charge on any atom is -0.351 e. The van der Waals surface area contributed by atoms with E-state index in [1.807, 2.05) is 25.1 Å². The summed E-state index contributed by atoms with van der Waals surface area (Å²) in [5.74, 6) is 0.121. The quantitative estimate of drug-likeness (QED) is 0.814. The van der Waals surface area contributed by atoms with Crippen molar-refractivity contribution in [3.63, 3.8) is 0 Å². The van der Waals surface area contributed by atoms with Gasteiger partial charge in [0.05, 0.1) is 0 Å². The number of hydrogen-bond acceptors (Lipinski definition) is 4. The van der Waals surface area contributed by atoms with Crippen LogP contribution in [0.15, 0.2) is 47.6 Å². The van der Waals surface area contributed by atoms with Crippen LogP contribution in [0.25, 0.3) is 0 Å². The van der Waals surface area contributed by atoms with E-state index in [0.717, 1.165) is 15.7 Å². The van der Waals surface area contributed by atoms with E-state index in [4.69, 9.17) is 0 Å². The predicted molar refractivity (Wildman–Crippen MR) is 87.6 cm³/mol. The molecule has 0 fully saturated rings. The number of nitrogens with zero attached hydrogens (tertiary/aromatic N) is 2. The van der Waals surface area contributed by atoms with Crippen LogP contribution in [-0.2, 0) is 0 Å². The van der Waals surface area contributed by atoms with Gasteiger partial charge in [0.25, 0.3) is 5.91 Å². The van der Waals surface area contributed by atoms with Crippen molar-refractivity contribution in [3.05, 3.63) is 58.8 Å². The fraction of sp³-hybridized carbons (Fsp3) is 0.133. The molecule has 2 aromatic rings. The summed E-state index contributed by atoms with van der Waals surface area (Å²) in [5, 5.41) is 5.76. The molecule has 108 valence electrons. The zero-order chi connectivity index (χ0) is 15.2. The first-order valence-corrected chi connectivity index (χ1v) is 7.15. The molecule has 1 heterocycles. The number of aryl methyl sites for hydroxylation is 1. The van der Waals surface area contributed by atoms with Crippen molar-refractivity contribution in [3.8, 4) is 0 Å². The molecule has 0 aliphatic rings. The van der Waals surface area contributed by atoms with Gasteiger partial charge >= 0.3 is 0 Å². The van der Waals surface area contributed by atoms with E-state index in [-0.39, 0.29) is 5.91 Å². The Hall–Kier alpha value is -2.21. The van der Waals surface area contributed by atoms with Crippen LogP contribution in [-0.4, -0.2) is 22.4 Å². The van der Waals surface area contributed by atoms with E-state index in [1.54, 1.807) is 18.3 Å². The maximum atomic E-state index is 12.2. The summed E-state index contributed by atoms with van der Waals surface area (Å²) in [6, 6.07) is 7.18. The molecule has 0 saturated heterocycles. The Morgan fingerprint density at radius 3 is 2.95 bits per heavy atom. The lowest BCUT2D eigenvalue weighted by Crippen LogP contribution is -2.15. The van der Waals surface area contributed by atoms with Gasteiger partial charge in [-0.1, -0.05) is 22.0 Å². The number of halogens is 1. The van der Waals surface area contributed by atoms with Gasteiger partial charge in [-0.25, -0.2) is 9.97 Å². The van der Waals surface area contributed by atoms with Gasteiger partial charge in [0.2, 0.25) is 5.95 Å². The highest BCUT2D eigenvalue weighted by atomic mass is 79.9. The Kier molecular flexibility index (Phi) is 5.05. The molecule has 1 aromatic carbocycles. The second-order valence-electron chi connectivity index (χ2n) is 4.35. The van der Waals surface area contributed by atoms with Gasteiger partial charge < -0.3 is 10.6 Å². The average molecular weight is 347 g/mol. The summed E-state index contributed by atoms with van der Waals surface area (Å²) >= 11 is 3.42. The van der Waals surface area contributed by atoms with E-state index in [0.29, 0.717) is 18.2 Å². The zero-order valence-electron chi connectivity index (χ0n) is 11.6. The van der Waals surface area contributed by atoms with Gasteiger partial charge in [-0.05, 0) is 36.8 Å². The van der Waals surface area contributed by atoms with Crippen LogP contribution < -0.4 is 10.6 Å². The molecule has 0 bridgehead atoms. The Balaban J connectivity index is 2.12. The van der Waals surface area contributed by atoms with Gasteiger partial charge in [-0.15, -0.1) is 6.58 Å². The maximum absolute atomic E-state index is 12.2. The lowest BCUT2D eigenvalue weighted by molar-refractivity contribution is 0.102. The second-order valence-corrected chi connectivity index (χ2v) is 5.21. The summed E-state index contributed by atoms with van der Waals surface area (Å²) in [5.41, 5.74) is 2.07. The highest BCUT2D eigenvalue weighted by Crippen LogP contribution is 2.20. The van der Waals surface area contributed by atoms with Crippen molar-refractivity contribution in [2.24, 2.45) is 0 Å². The molecule has 0 radical (unpaired) electrons. The normalized spacial score (nSPS) is 10.0. The third kappa shape index (κ3) is 4.13. The van der Waals surface area contributed by atoms with Crippen molar-refractivity contribution in [1.29, 1.82) is 0 Å². The van der Waals surface area contributed by atoms with Crippen molar-refractivity contribution >= 4 is 33.5 Å². The number of nitrogens with one attached hydrogen (secondary N) is 2. The molecule has 2 N–H and O–H groups in total. The van der Waals surface area contributed by atoms with E-state index < -0.39 is 0 Å². The predicted octanol–water partition coefficient (Wildman–Crippen LogP) is 3.40. The first kappa shape index (κ1) is 15.2. The van der Waals surface area contributed by atoms with E-state index in [2.05, 4.69) is 43.1 Å². The SMILES string of the molecule is C=CCNc1nccc(C(=O)Nc2ccc(Br)c(C)c2)n1. The molecule has 0 spiro atoms. The number of rotatable bonds is 5. The van der Waals surface area contributed by atoms with Crippen molar-refractivity contribution in [2.75, 3.05) is 17.2 Å². The molecule has 6 heteroatoms. The molecule has 1 amide bonds. The Bertz CT molecular complexity index is 672. The van der Waals surface area contributed by atoms with E-state index >= 15 is 0 Å². The lowest BCUT2D eigenvalue weighted by Gasteiger charge is -2.07. The number of carbonyl (C=O) groups is 1. The third-order valence-electron chi connectivity index (χ3n) is 2.71. The van der Waals surface area contributed by atoms with Crippen LogP contribution in [0.1, 0.15) is 16.1 Å². The van der Waals surface area contributed by atoms with Gasteiger partial charge in [0.15, 0.2) is 0 Å². The van der Waals surface area contributed by atoms with Crippen LogP contribution in [0, 0.1) is 6.92 Å². The van der Waals surface area contributed by atoms with Gasteiger partial charge in [-0.2, -0.15) is 0 Å². The van der Waals surface area contributed by atoms with Crippen LogP contribution in [0.3, 0.4) is 0 Å². The van der Waals surface area contributed by atoms with Crippen LogP contribution >= 0.6 is 15.9 Å². The highest BCUT2D eigenvalue weighted by molar-refractivity contribution is 9.10. The summed E-state index contributed by atoms with van der Waals surface area (Å²) in [4.78, 5) is 20.4. The lowest BCUT2D eigenvalue weighted by atomic mass is 10.2.